The zero-order valence-corrected chi connectivity index (χ0v) is 18.1. The van der Waals surface area contributed by atoms with Crippen molar-refractivity contribution < 1.29 is 13.5 Å². The maximum Gasteiger partial charge on any atom is 0.320 e. The Balaban J connectivity index is 1.93. The normalized spacial score (nSPS) is 15.9. The Bertz CT molecular complexity index is 890. The Labute approximate surface area is 179 Å². The minimum absolute atomic E-state index is 0.0933. The van der Waals surface area contributed by atoms with Crippen molar-refractivity contribution in [1.29, 1.82) is 0 Å². The van der Waals surface area contributed by atoms with Crippen LogP contribution in [-0.2, 0) is 6.54 Å². The van der Waals surface area contributed by atoms with Crippen LogP contribution in [0.15, 0.2) is 24.3 Å². The zero-order chi connectivity index (χ0) is 21.9. The van der Waals surface area contributed by atoms with Crippen LogP contribution in [0.1, 0.15) is 32.8 Å². The van der Waals surface area contributed by atoms with Gasteiger partial charge < -0.3 is 20.4 Å². The van der Waals surface area contributed by atoms with Crippen molar-refractivity contribution in [3.8, 4) is 6.01 Å². The van der Waals surface area contributed by atoms with Crippen LogP contribution in [0.5, 0.6) is 6.01 Å². The molecule has 30 heavy (non-hydrogen) atoms. The van der Waals surface area contributed by atoms with E-state index in [0.717, 1.165) is 5.56 Å². The first-order valence-corrected chi connectivity index (χ1v) is 10.1. The molecule has 0 saturated carbocycles. The first-order valence-electron chi connectivity index (χ1n) is 9.69. The summed E-state index contributed by atoms with van der Waals surface area (Å²) in [5.41, 5.74) is 3.61. The molecule has 0 unspecified atom stereocenters. The maximum atomic E-state index is 13.8. The van der Waals surface area contributed by atoms with E-state index in [-0.39, 0.29) is 30.2 Å². The number of rotatable bonds is 7. The maximum absolute atomic E-state index is 13.8. The molecular weight excluding hydrogens is 414 g/mol. The topological polar surface area (TPSA) is 88.3 Å². The summed E-state index contributed by atoms with van der Waals surface area (Å²) in [7, 11) is 0. The fraction of sp³-hybridized carbons (Fsp3) is 0.500. The number of hydrogen-bond donors (Lipinski definition) is 3. The van der Waals surface area contributed by atoms with Crippen molar-refractivity contribution in [2.45, 2.75) is 39.7 Å². The van der Waals surface area contributed by atoms with Gasteiger partial charge in [-0.25, -0.2) is 8.78 Å². The van der Waals surface area contributed by atoms with Gasteiger partial charge in [-0.3, -0.25) is 5.84 Å². The summed E-state index contributed by atoms with van der Waals surface area (Å²) in [6.07, 6.45) is -0.248. The zero-order valence-electron chi connectivity index (χ0n) is 17.3. The minimum atomic E-state index is -2.78. The van der Waals surface area contributed by atoms with E-state index >= 15 is 0 Å². The van der Waals surface area contributed by atoms with E-state index in [9.17, 15) is 8.78 Å². The van der Waals surface area contributed by atoms with E-state index in [4.69, 9.17) is 22.2 Å². The largest absolute Gasteiger partial charge is 0.463 e. The lowest BCUT2D eigenvalue weighted by atomic mass is 9.99. The van der Waals surface area contributed by atoms with E-state index in [1.54, 1.807) is 6.07 Å². The highest BCUT2D eigenvalue weighted by molar-refractivity contribution is 6.31. The molecule has 1 aliphatic heterocycles. The number of nitrogens with two attached hydrogens (primary N) is 1. The molecule has 0 amide bonds. The SMILES string of the molecule is CC(C)(C)COc1nc(NCc2ccccc2Cl)c(NN)c(N2CCC(F)(F)C2)n1. The summed E-state index contributed by atoms with van der Waals surface area (Å²) < 4.78 is 33.4. The van der Waals surface area contributed by atoms with Gasteiger partial charge in [-0.1, -0.05) is 50.6 Å². The summed E-state index contributed by atoms with van der Waals surface area (Å²) in [4.78, 5) is 10.3. The quantitative estimate of drug-likeness (QED) is 0.437. The van der Waals surface area contributed by atoms with E-state index < -0.39 is 12.5 Å². The van der Waals surface area contributed by atoms with Crippen molar-refractivity contribution in [3.05, 3.63) is 34.9 Å². The molecule has 0 bridgehead atoms. The Hall–Kier alpha value is -2.39. The van der Waals surface area contributed by atoms with Crippen LogP contribution in [0.3, 0.4) is 0 Å². The Kier molecular flexibility index (Phi) is 6.52. The van der Waals surface area contributed by atoms with Gasteiger partial charge in [0.1, 0.15) is 5.69 Å². The third-order valence-corrected chi connectivity index (χ3v) is 4.89. The molecule has 1 fully saturated rings. The van der Waals surface area contributed by atoms with Crippen LogP contribution >= 0.6 is 11.6 Å². The first-order chi connectivity index (χ1) is 14.1. The van der Waals surface area contributed by atoms with Crippen molar-refractivity contribution in [1.82, 2.24) is 9.97 Å². The molecule has 0 spiro atoms. The summed E-state index contributed by atoms with van der Waals surface area (Å²) >= 11 is 6.23. The van der Waals surface area contributed by atoms with Gasteiger partial charge >= 0.3 is 6.01 Å². The number of alkyl halides is 2. The number of anilines is 3. The molecule has 1 aromatic heterocycles. The van der Waals surface area contributed by atoms with E-state index in [0.29, 0.717) is 29.7 Å². The monoisotopic (exact) mass is 440 g/mol. The lowest BCUT2D eigenvalue weighted by Crippen LogP contribution is -2.28. The van der Waals surface area contributed by atoms with E-state index in [1.807, 2.05) is 39.0 Å². The van der Waals surface area contributed by atoms with Gasteiger partial charge in [-0.05, 0) is 17.0 Å². The van der Waals surface area contributed by atoms with Gasteiger partial charge in [0.15, 0.2) is 11.6 Å². The van der Waals surface area contributed by atoms with Crippen LogP contribution in [0.4, 0.5) is 26.1 Å². The third-order valence-electron chi connectivity index (χ3n) is 4.52. The predicted octanol–water partition coefficient (Wildman–Crippen LogP) is 4.30. The molecule has 1 aromatic carbocycles. The van der Waals surface area contributed by atoms with E-state index in [1.165, 1.54) is 4.90 Å². The number of benzene rings is 1. The van der Waals surface area contributed by atoms with Gasteiger partial charge in [0.2, 0.25) is 0 Å². The van der Waals surface area contributed by atoms with E-state index in [2.05, 4.69) is 20.7 Å². The molecular formula is C20H27ClF2N6O. The Morgan fingerprint density at radius 2 is 2.00 bits per heavy atom. The number of hydrazine groups is 1. The highest BCUT2D eigenvalue weighted by atomic mass is 35.5. The molecule has 2 heterocycles. The van der Waals surface area contributed by atoms with Crippen LogP contribution in [0, 0.1) is 5.41 Å². The van der Waals surface area contributed by atoms with Gasteiger partial charge in [-0.15, -0.1) is 0 Å². The van der Waals surface area contributed by atoms with Crippen molar-refractivity contribution >= 4 is 28.9 Å². The second-order valence-corrected chi connectivity index (χ2v) is 8.93. The van der Waals surface area contributed by atoms with Crippen LogP contribution < -0.4 is 26.2 Å². The molecule has 0 atom stereocenters. The highest BCUT2D eigenvalue weighted by Crippen LogP contribution is 2.37. The fourth-order valence-corrected chi connectivity index (χ4v) is 3.20. The second kappa shape index (κ2) is 8.77. The molecule has 1 aliphatic rings. The van der Waals surface area contributed by atoms with Gasteiger partial charge in [-0.2, -0.15) is 9.97 Å². The van der Waals surface area contributed by atoms with Crippen molar-refractivity contribution in [2.24, 2.45) is 11.3 Å². The summed E-state index contributed by atoms with van der Waals surface area (Å²) in [5, 5.41) is 3.77. The number of nitrogen functional groups attached to an aromatic ring is 1. The van der Waals surface area contributed by atoms with Crippen LogP contribution in [-0.4, -0.2) is 35.6 Å². The number of halogens is 3. The molecule has 7 nitrogen and oxygen atoms in total. The average Bonchev–Trinajstić information content (AvgIpc) is 3.04. The van der Waals surface area contributed by atoms with Crippen molar-refractivity contribution in [2.75, 3.05) is 35.3 Å². The summed E-state index contributed by atoms with van der Waals surface area (Å²) in [6, 6.07) is 7.48. The number of hydrogen-bond acceptors (Lipinski definition) is 7. The van der Waals surface area contributed by atoms with Crippen molar-refractivity contribution in [3.63, 3.8) is 0 Å². The molecule has 1 saturated heterocycles. The van der Waals surface area contributed by atoms with Gasteiger partial charge in [0.05, 0.1) is 13.2 Å². The van der Waals surface area contributed by atoms with Gasteiger partial charge in [0.25, 0.3) is 5.92 Å². The standard InChI is InChI=1S/C20H27ClF2N6O/c1-19(2,3)12-30-18-26-16(25-10-13-6-4-5-7-14(13)21)15(28-24)17(27-18)29-9-8-20(22,23)11-29/h4-7,28H,8-12,24H2,1-3H3,(H,25,26,27). The van der Waals surface area contributed by atoms with Crippen LogP contribution in [0.2, 0.25) is 5.02 Å². The third kappa shape index (κ3) is 5.60. The molecule has 0 radical (unpaired) electrons. The molecule has 10 heteroatoms. The average molecular weight is 441 g/mol. The summed E-state index contributed by atoms with van der Waals surface area (Å²) in [6.45, 7) is 6.48. The number of nitrogens with zero attached hydrogens (tertiary/aromatic N) is 3. The smallest absolute Gasteiger partial charge is 0.320 e. The molecule has 164 valence electrons. The number of ether oxygens (including phenoxy) is 1. The van der Waals surface area contributed by atoms with Crippen LogP contribution in [0.25, 0.3) is 0 Å². The second-order valence-electron chi connectivity index (χ2n) is 8.52. The molecule has 0 aliphatic carbocycles. The predicted molar refractivity (Wildman–Crippen MR) is 115 cm³/mol. The lowest BCUT2D eigenvalue weighted by Gasteiger charge is -2.24. The number of aromatic nitrogens is 2. The van der Waals surface area contributed by atoms with Gasteiger partial charge in [0, 0.05) is 24.5 Å². The molecule has 3 rings (SSSR count). The summed E-state index contributed by atoms with van der Waals surface area (Å²) in [5.74, 6) is 3.57. The molecule has 4 N–H and O–H groups in total. The molecule has 2 aromatic rings. The minimum Gasteiger partial charge on any atom is -0.463 e. The Morgan fingerprint density at radius 1 is 1.27 bits per heavy atom. The first kappa shape index (κ1) is 22.3. The fourth-order valence-electron chi connectivity index (χ4n) is 3.00. The lowest BCUT2D eigenvalue weighted by molar-refractivity contribution is 0.0256. The highest BCUT2D eigenvalue weighted by Gasteiger charge is 2.40. The number of nitrogens with one attached hydrogen (secondary N) is 2. The Morgan fingerprint density at radius 3 is 2.60 bits per heavy atom.